The summed E-state index contributed by atoms with van der Waals surface area (Å²) in [5.41, 5.74) is 5.76. The summed E-state index contributed by atoms with van der Waals surface area (Å²) in [6.45, 7) is 7.93. The van der Waals surface area contributed by atoms with Gasteiger partial charge in [-0.25, -0.2) is 0 Å². The second-order valence-corrected chi connectivity index (χ2v) is 11.8. The van der Waals surface area contributed by atoms with Crippen LogP contribution in [0.1, 0.15) is 27.1 Å². The van der Waals surface area contributed by atoms with Crippen LogP contribution in [0.2, 0.25) is 0 Å². The van der Waals surface area contributed by atoms with Crippen LogP contribution < -0.4 is 25.2 Å². The molecule has 0 unspecified atom stereocenters. The van der Waals surface area contributed by atoms with Gasteiger partial charge in [-0.1, -0.05) is 54.6 Å². The van der Waals surface area contributed by atoms with Crippen molar-refractivity contribution in [3.63, 3.8) is 0 Å². The summed E-state index contributed by atoms with van der Waals surface area (Å²) in [7, 11) is 1.70. The van der Waals surface area contributed by atoms with Gasteiger partial charge in [0.2, 0.25) is 0 Å². The zero-order valence-corrected chi connectivity index (χ0v) is 27.0. The molecule has 4 aromatic carbocycles. The molecule has 9 heteroatoms. The summed E-state index contributed by atoms with van der Waals surface area (Å²) in [6, 6.07) is 31.3. The van der Waals surface area contributed by atoms with Gasteiger partial charge in [0.1, 0.15) is 5.75 Å². The van der Waals surface area contributed by atoms with Gasteiger partial charge in [-0.05, 0) is 66.6 Å². The molecule has 2 aliphatic heterocycles. The highest BCUT2D eigenvalue weighted by Crippen LogP contribution is 2.31. The number of para-hydroxylation sites is 2. The van der Waals surface area contributed by atoms with Gasteiger partial charge in [-0.2, -0.15) is 0 Å². The Hall–Kier alpha value is -4.86. The molecule has 0 radical (unpaired) electrons. The van der Waals surface area contributed by atoms with Gasteiger partial charge in [-0.3, -0.25) is 14.5 Å². The fraction of sp³-hybridized carbons (Fsp3) is 0.316. The van der Waals surface area contributed by atoms with Crippen LogP contribution in [0.15, 0.2) is 97.1 Å². The van der Waals surface area contributed by atoms with Crippen LogP contribution in [0.4, 0.5) is 17.1 Å². The van der Waals surface area contributed by atoms with Crippen molar-refractivity contribution >= 4 is 28.9 Å². The van der Waals surface area contributed by atoms with Crippen molar-refractivity contribution in [3.8, 4) is 16.9 Å². The van der Waals surface area contributed by atoms with E-state index in [0.29, 0.717) is 23.4 Å². The van der Waals surface area contributed by atoms with Crippen LogP contribution >= 0.6 is 0 Å². The summed E-state index contributed by atoms with van der Waals surface area (Å²) in [6.07, 6.45) is 0.855. The summed E-state index contributed by atoms with van der Waals surface area (Å²) in [5, 5.41) is 6.15. The minimum atomic E-state index is -0.223. The largest absolute Gasteiger partial charge is 0.495 e. The first-order valence-corrected chi connectivity index (χ1v) is 16.4. The molecule has 2 amide bonds. The van der Waals surface area contributed by atoms with Crippen molar-refractivity contribution in [2.75, 3.05) is 87.8 Å². The first kappa shape index (κ1) is 32.1. The van der Waals surface area contributed by atoms with Gasteiger partial charge in [0.15, 0.2) is 0 Å². The van der Waals surface area contributed by atoms with Gasteiger partial charge in [0.25, 0.3) is 11.8 Å². The highest BCUT2D eigenvalue weighted by molar-refractivity contribution is 6.06. The molecule has 0 spiro atoms. The number of amides is 2. The van der Waals surface area contributed by atoms with Crippen LogP contribution in [-0.4, -0.2) is 89.4 Å². The molecule has 2 aliphatic rings. The van der Waals surface area contributed by atoms with Gasteiger partial charge in [0, 0.05) is 62.8 Å². The molecule has 0 aromatic heterocycles. The number of ether oxygens (including phenoxy) is 2. The standard InChI is InChI=1S/C38H43N5O4/c1-46-36-11-6-5-10-35(36)43-22-20-42(21-23-43)34-17-16-32(28-33(34)38(45)39-18-7-19-41-24-26-47-27-25-41)40-37(44)31-14-12-30(13-15-31)29-8-3-2-4-9-29/h2-6,8-17,28H,7,18-27H2,1H3,(H,39,45)(H,40,44). The number of anilines is 3. The van der Waals surface area contributed by atoms with Crippen molar-refractivity contribution in [3.05, 3.63) is 108 Å². The molecule has 4 aromatic rings. The second kappa shape index (κ2) is 15.6. The Labute approximate surface area is 277 Å². The molecule has 0 atom stereocenters. The van der Waals surface area contributed by atoms with E-state index in [1.165, 1.54) is 0 Å². The SMILES string of the molecule is COc1ccccc1N1CCN(c2ccc(NC(=O)c3ccc(-c4ccccc4)cc3)cc2C(=O)NCCCN2CCOCC2)CC1. The van der Waals surface area contributed by atoms with Gasteiger partial charge in [0.05, 0.1) is 31.6 Å². The minimum Gasteiger partial charge on any atom is -0.495 e. The molecular formula is C38H43N5O4. The van der Waals surface area contributed by atoms with Crippen molar-refractivity contribution in [1.82, 2.24) is 10.2 Å². The Kier molecular flexibility index (Phi) is 10.7. The summed E-state index contributed by atoms with van der Waals surface area (Å²) >= 11 is 0. The highest BCUT2D eigenvalue weighted by Gasteiger charge is 2.24. The molecular weight excluding hydrogens is 590 g/mol. The first-order chi connectivity index (χ1) is 23.1. The van der Waals surface area contributed by atoms with Crippen LogP contribution in [0.3, 0.4) is 0 Å². The van der Waals surface area contributed by atoms with Gasteiger partial charge < -0.3 is 29.9 Å². The van der Waals surface area contributed by atoms with Crippen molar-refractivity contribution < 1.29 is 19.1 Å². The number of nitrogens with one attached hydrogen (secondary N) is 2. The van der Waals surface area contributed by atoms with Gasteiger partial charge >= 0.3 is 0 Å². The average Bonchev–Trinajstić information content (AvgIpc) is 3.14. The van der Waals surface area contributed by atoms with Crippen LogP contribution in [-0.2, 0) is 4.74 Å². The fourth-order valence-electron chi connectivity index (χ4n) is 6.22. The van der Waals surface area contributed by atoms with Crippen LogP contribution in [0.5, 0.6) is 5.75 Å². The molecule has 244 valence electrons. The molecule has 47 heavy (non-hydrogen) atoms. The topological polar surface area (TPSA) is 86.4 Å². The fourth-order valence-corrected chi connectivity index (χ4v) is 6.22. The maximum absolute atomic E-state index is 13.7. The quantitative estimate of drug-likeness (QED) is 0.214. The number of carbonyl (C=O) groups excluding carboxylic acids is 2. The van der Waals surface area contributed by atoms with E-state index in [1.807, 2.05) is 84.9 Å². The Morgan fingerprint density at radius 3 is 2.11 bits per heavy atom. The third-order valence-electron chi connectivity index (χ3n) is 8.84. The molecule has 0 saturated carbocycles. The van der Waals surface area contributed by atoms with E-state index in [4.69, 9.17) is 9.47 Å². The van der Waals surface area contributed by atoms with E-state index in [1.54, 1.807) is 13.2 Å². The zero-order valence-electron chi connectivity index (χ0n) is 27.0. The van der Waals surface area contributed by atoms with Crippen molar-refractivity contribution in [2.24, 2.45) is 0 Å². The predicted molar refractivity (Wildman–Crippen MR) is 188 cm³/mol. The lowest BCUT2D eigenvalue weighted by Gasteiger charge is -2.38. The second-order valence-electron chi connectivity index (χ2n) is 11.8. The van der Waals surface area contributed by atoms with Gasteiger partial charge in [-0.15, -0.1) is 0 Å². The van der Waals surface area contributed by atoms with E-state index < -0.39 is 0 Å². The number of methoxy groups -OCH3 is 1. The number of benzene rings is 4. The molecule has 0 bridgehead atoms. The lowest BCUT2D eigenvalue weighted by atomic mass is 10.0. The smallest absolute Gasteiger partial charge is 0.255 e. The summed E-state index contributed by atoms with van der Waals surface area (Å²) < 4.78 is 11.0. The van der Waals surface area contributed by atoms with E-state index in [2.05, 4.69) is 31.4 Å². The number of morpholine rings is 1. The number of nitrogens with zero attached hydrogens (tertiary/aromatic N) is 3. The number of hydrogen-bond acceptors (Lipinski definition) is 7. The van der Waals surface area contributed by atoms with E-state index >= 15 is 0 Å². The Morgan fingerprint density at radius 2 is 1.38 bits per heavy atom. The summed E-state index contributed by atoms with van der Waals surface area (Å²) in [4.78, 5) is 33.9. The third kappa shape index (κ3) is 8.11. The average molecular weight is 634 g/mol. The zero-order chi connectivity index (χ0) is 32.4. The maximum atomic E-state index is 13.7. The maximum Gasteiger partial charge on any atom is 0.255 e. The van der Waals surface area contributed by atoms with Crippen molar-refractivity contribution in [1.29, 1.82) is 0 Å². The monoisotopic (exact) mass is 633 g/mol. The molecule has 0 aliphatic carbocycles. The lowest BCUT2D eigenvalue weighted by Crippen LogP contribution is -2.47. The highest BCUT2D eigenvalue weighted by atomic mass is 16.5. The predicted octanol–water partition coefficient (Wildman–Crippen LogP) is 5.39. The number of piperazine rings is 1. The first-order valence-electron chi connectivity index (χ1n) is 16.4. The van der Waals surface area contributed by atoms with Crippen LogP contribution in [0.25, 0.3) is 11.1 Å². The van der Waals surface area contributed by atoms with E-state index in [-0.39, 0.29) is 11.8 Å². The molecule has 2 heterocycles. The van der Waals surface area contributed by atoms with E-state index in [9.17, 15) is 9.59 Å². The molecule has 6 rings (SSSR count). The number of rotatable bonds is 11. The molecule has 2 N–H and O–H groups in total. The van der Waals surface area contributed by atoms with E-state index in [0.717, 1.165) is 93.7 Å². The normalized spacial score (nSPS) is 15.3. The molecule has 2 saturated heterocycles. The number of hydrogen-bond donors (Lipinski definition) is 2. The van der Waals surface area contributed by atoms with Crippen molar-refractivity contribution in [2.45, 2.75) is 6.42 Å². The Balaban J connectivity index is 1.15. The molecule has 9 nitrogen and oxygen atoms in total. The molecule has 2 fully saturated rings. The lowest BCUT2D eigenvalue weighted by molar-refractivity contribution is 0.0374. The third-order valence-corrected chi connectivity index (χ3v) is 8.84. The Morgan fingerprint density at radius 1 is 0.723 bits per heavy atom. The Bertz CT molecular complexity index is 1630. The van der Waals surface area contributed by atoms with Crippen LogP contribution in [0, 0.1) is 0 Å². The minimum absolute atomic E-state index is 0.141. The summed E-state index contributed by atoms with van der Waals surface area (Å²) in [5.74, 6) is 0.491. The number of carbonyl (C=O) groups is 2.